The van der Waals surface area contributed by atoms with Gasteiger partial charge in [-0.2, -0.15) is 0 Å². The highest BCUT2D eigenvalue weighted by Gasteiger charge is 2.17. The first-order valence-electron chi connectivity index (χ1n) is 8.16. The Morgan fingerprint density at radius 2 is 1.63 bits per heavy atom. The second kappa shape index (κ2) is 8.98. The summed E-state index contributed by atoms with van der Waals surface area (Å²) in [5.41, 5.74) is 1.04. The SMILES string of the molecule is COC(=O)c1cc(CNC(=O)Cc2cc(OC)c(OC)c(OC)c2)oc1C. The molecule has 0 aliphatic rings. The lowest BCUT2D eigenvalue weighted by molar-refractivity contribution is -0.120. The number of amides is 1. The molecule has 1 aromatic heterocycles. The van der Waals surface area contributed by atoms with Crippen molar-refractivity contribution in [1.82, 2.24) is 5.32 Å². The molecule has 0 saturated carbocycles. The minimum Gasteiger partial charge on any atom is -0.493 e. The number of esters is 1. The van der Waals surface area contributed by atoms with Gasteiger partial charge in [0.25, 0.3) is 0 Å². The van der Waals surface area contributed by atoms with Gasteiger partial charge < -0.3 is 28.7 Å². The van der Waals surface area contributed by atoms with E-state index < -0.39 is 5.97 Å². The van der Waals surface area contributed by atoms with Gasteiger partial charge in [-0.25, -0.2) is 4.79 Å². The third kappa shape index (κ3) is 4.72. The summed E-state index contributed by atoms with van der Waals surface area (Å²) in [6.07, 6.45) is 0.111. The molecule has 0 aliphatic carbocycles. The van der Waals surface area contributed by atoms with Gasteiger partial charge in [0.1, 0.15) is 17.1 Å². The second-order valence-electron chi connectivity index (χ2n) is 5.66. The van der Waals surface area contributed by atoms with Crippen molar-refractivity contribution < 1.29 is 33.0 Å². The van der Waals surface area contributed by atoms with E-state index in [1.807, 2.05) is 0 Å². The average molecular weight is 377 g/mol. The number of carbonyl (C=O) groups excluding carboxylic acids is 2. The van der Waals surface area contributed by atoms with Crippen LogP contribution in [0, 0.1) is 6.92 Å². The number of ether oxygens (including phenoxy) is 4. The van der Waals surface area contributed by atoms with Crippen molar-refractivity contribution in [3.63, 3.8) is 0 Å². The Hall–Kier alpha value is -3.16. The molecule has 1 aromatic carbocycles. The molecule has 0 fully saturated rings. The van der Waals surface area contributed by atoms with Crippen LogP contribution in [0.15, 0.2) is 22.6 Å². The molecule has 1 amide bonds. The van der Waals surface area contributed by atoms with Crippen molar-refractivity contribution in [1.29, 1.82) is 0 Å². The summed E-state index contributed by atoms with van der Waals surface area (Å²) in [5.74, 6) is 1.62. The van der Waals surface area contributed by atoms with Crippen LogP contribution in [0.5, 0.6) is 17.2 Å². The largest absolute Gasteiger partial charge is 0.493 e. The molecule has 1 N–H and O–H groups in total. The Kier molecular flexibility index (Phi) is 6.70. The van der Waals surface area contributed by atoms with Crippen LogP contribution in [-0.2, 0) is 22.5 Å². The highest BCUT2D eigenvalue weighted by Crippen LogP contribution is 2.38. The molecule has 0 saturated heterocycles. The molecule has 146 valence electrons. The van der Waals surface area contributed by atoms with Crippen molar-refractivity contribution in [3.05, 3.63) is 40.8 Å². The van der Waals surface area contributed by atoms with E-state index in [9.17, 15) is 9.59 Å². The molecule has 2 rings (SSSR count). The van der Waals surface area contributed by atoms with Crippen molar-refractivity contribution >= 4 is 11.9 Å². The fourth-order valence-corrected chi connectivity index (χ4v) is 2.61. The van der Waals surface area contributed by atoms with Gasteiger partial charge in [-0.05, 0) is 30.7 Å². The second-order valence-corrected chi connectivity index (χ2v) is 5.66. The summed E-state index contributed by atoms with van der Waals surface area (Å²) in [4.78, 5) is 23.9. The number of methoxy groups -OCH3 is 4. The average Bonchev–Trinajstić information content (AvgIpc) is 3.05. The fraction of sp³-hybridized carbons (Fsp3) is 0.368. The van der Waals surface area contributed by atoms with E-state index in [1.165, 1.54) is 28.4 Å². The highest BCUT2D eigenvalue weighted by molar-refractivity contribution is 5.90. The molecule has 0 bridgehead atoms. The monoisotopic (exact) mass is 377 g/mol. The first-order valence-corrected chi connectivity index (χ1v) is 8.16. The minimum absolute atomic E-state index is 0.111. The standard InChI is InChI=1S/C19H23NO7/c1-11-14(19(22)26-5)9-13(27-11)10-20-17(21)8-12-6-15(23-2)18(25-4)16(7-12)24-3/h6-7,9H,8,10H2,1-5H3,(H,20,21). The lowest BCUT2D eigenvalue weighted by atomic mass is 10.1. The van der Waals surface area contributed by atoms with E-state index >= 15 is 0 Å². The predicted molar refractivity (Wildman–Crippen MR) is 96.4 cm³/mol. The number of nitrogens with one attached hydrogen (secondary N) is 1. The Morgan fingerprint density at radius 1 is 1.00 bits per heavy atom. The van der Waals surface area contributed by atoms with E-state index in [4.69, 9.17) is 18.6 Å². The molecule has 0 aliphatic heterocycles. The highest BCUT2D eigenvalue weighted by atomic mass is 16.5. The van der Waals surface area contributed by atoms with Crippen LogP contribution in [0.3, 0.4) is 0 Å². The number of hydrogen-bond donors (Lipinski definition) is 1. The molecule has 2 aromatic rings. The van der Waals surface area contributed by atoms with E-state index in [2.05, 4.69) is 10.1 Å². The molecule has 1 heterocycles. The predicted octanol–water partition coefficient (Wildman–Crippen LogP) is 2.26. The van der Waals surface area contributed by atoms with Crippen molar-refractivity contribution in [3.8, 4) is 17.2 Å². The zero-order chi connectivity index (χ0) is 20.0. The number of benzene rings is 1. The molecule has 0 unspecified atom stereocenters. The quantitative estimate of drug-likeness (QED) is 0.705. The normalized spacial score (nSPS) is 10.3. The lowest BCUT2D eigenvalue weighted by Gasteiger charge is -2.14. The van der Waals surface area contributed by atoms with Gasteiger partial charge in [-0.1, -0.05) is 0 Å². The molecule has 0 spiro atoms. The number of furan rings is 1. The van der Waals surface area contributed by atoms with E-state index in [1.54, 1.807) is 25.1 Å². The van der Waals surface area contributed by atoms with E-state index in [-0.39, 0.29) is 18.9 Å². The number of hydrogen-bond acceptors (Lipinski definition) is 7. The van der Waals surface area contributed by atoms with Gasteiger partial charge in [0, 0.05) is 0 Å². The fourth-order valence-electron chi connectivity index (χ4n) is 2.61. The van der Waals surface area contributed by atoms with Crippen LogP contribution >= 0.6 is 0 Å². The molecule has 27 heavy (non-hydrogen) atoms. The van der Waals surface area contributed by atoms with Crippen LogP contribution < -0.4 is 19.5 Å². The van der Waals surface area contributed by atoms with Crippen LogP contribution in [0.2, 0.25) is 0 Å². The Labute approximate surface area is 157 Å². The van der Waals surface area contributed by atoms with Gasteiger partial charge in [-0.15, -0.1) is 0 Å². The summed E-state index contributed by atoms with van der Waals surface area (Å²) < 4.78 is 26.0. The molecule has 8 heteroatoms. The van der Waals surface area contributed by atoms with E-state index in [0.29, 0.717) is 39.9 Å². The van der Waals surface area contributed by atoms with Gasteiger partial charge in [0.2, 0.25) is 11.7 Å². The summed E-state index contributed by atoms with van der Waals surface area (Å²) in [6.45, 7) is 1.81. The molecular formula is C19H23NO7. The third-order valence-corrected chi connectivity index (χ3v) is 3.92. The van der Waals surface area contributed by atoms with Gasteiger partial charge in [-0.3, -0.25) is 4.79 Å². The van der Waals surface area contributed by atoms with Crippen LogP contribution in [0.1, 0.15) is 27.4 Å². The first kappa shape index (κ1) is 20.2. The van der Waals surface area contributed by atoms with Crippen LogP contribution in [-0.4, -0.2) is 40.3 Å². The Morgan fingerprint density at radius 3 is 2.15 bits per heavy atom. The van der Waals surface area contributed by atoms with Crippen molar-refractivity contribution in [2.45, 2.75) is 19.9 Å². The van der Waals surface area contributed by atoms with Crippen LogP contribution in [0.4, 0.5) is 0 Å². The number of rotatable bonds is 8. The molecule has 0 atom stereocenters. The molecular weight excluding hydrogens is 354 g/mol. The summed E-state index contributed by atoms with van der Waals surface area (Å²) in [6, 6.07) is 4.99. The van der Waals surface area contributed by atoms with Gasteiger partial charge >= 0.3 is 5.97 Å². The first-order chi connectivity index (χ1) is 12.9. The third-order valence-electron chi connectivity index (χ3n) is 3.92. The minimum atomic E-state index is -0.480. The molecule has 0 radical (unpaired) electrons. The van der Waals surface area contributed by atoms with Crippen molar-refractivity contribution in [2.75, 3.05) is 28.4 Å². The van der Waals surface area contributed by atoms with Gasteiger partial charge in [0.05, 0.1) is 41.4 Å². The lowest BCUT2D eigenvalue weighted by Crippen LogP contribution is -2.24. The maximum Gasteiger partial charge on any atom is 0.341 e. The summed E-state index contributed by atoms with van der Waals surface area (Å²) in [7, 11) is 5.84. The van der Waals surface area contributed by atoms with Crippen LogP contribution in [0.25, 0.3) is 0 Å². The maximum absolute atomic E-state index is 12.3. The number of aryl methyl sites for hydroxylation is 1. The Balaban J connectivity index is 2.05. The smallest absolute Gasteiger partial charge is 0.341 e. The number of carbonyl (C=O) groups is 2. The van der Waals surface area contributed by atoms with E-state index in [0.717, 1.165) is 0 Å². The summed E-state index contributed by atoms with van der Waals surface area (Å²) in [5, 5.41) is 2.75. The van der Waals surface area contributed by atoms with Crippen molar-refractivity contribution in [2.24, 2.45) is 0 Å². The molecule has 8 nitrogen and oxygen atoms in total. The zero-order valence-electron chi connectivity index (χ0n) is 16.0. The topological polar surface area (TPSA) is 96.2 Å². The zero-order valence-corrected chi connectivity index (χ0v) is 16.0. The Bertz CT molecular complexity index is 800. The van der Waals surface area contributed by atoms with Gasteiger partial charge in [0.15, 0.2) is 11.5 Å². The summed E-state index contributed by atoms with van der Waals surface area (Å²) >= 11 is 0. The maximum atomic E-state index is 12.3.